The molecule has 2 aromatic rings. The number of methoxy groups -OCH3 is 3. The van der Waals surface area contributed by atoms with Crippen molar-refractivity contribution < 1.29 is 32.2 Å². The molecule has 2 aromatic carbocycles. The van der Waals surface area contributed by atoms with E-state index in [1.54, 1.807) is 12.1 Å². The van der Waals surface area contributed by atoms with E-state index in [1.165, 1.54) is 51.5 Å². The van der Waals surface area contributed by atoms with Crippen LogP contribution in [0.1, 0.15) is 23.1 Å². The zero-order valence-electron chi connectivity index (χ0n) is 16.8. The van der Waals surface area contributed by atoms with Crippen molar-refractivity contribution in [3.8, 4) is 17.2 Å². The van der Waals surface area contributed by atoms with Crippen molar-refractivity contribution in [2.75, 3.05) is 28.4 Å². The molecule has 5 nitrogen and oxygen atoms in total. The number of hydrogen-bond donors (Lipinski definition) is 0. The van der Waals surface area contributed by atoms with Crippen LogP contribution in [-0.2, 0) is 23.9 Å². The lowest BCUT2D eigenvalue weighted by molar-refractivity contribution is -0.139. The second-order valence-electron chi connectivity index (χ2n) is 6.40. The number of carbonyl (C=O) groups excluding carboxylic acids is 1. The highest BCUT2D eigenvalue weighted by Crippen LogP contribution is 2.40. The van der Waals surface area contributed by atoms with Gasteiger partial charge in [-0.05, 0) is 29.7 Å². The number of rotatable bonds is 8. The molecular formula is C21H24F3NO4. The van der Waals surface area contributed by atoms with Gasteiger partial charge in [-0.3, -0.25) is 4.79 Å². The molecule has 0 aromatic heterocycles. The van der Waals surface area contributed by atoms with Crippen LogP contribution >= 0.6 is 0 Å². The van der Waals surface area contributed by atoms with Gasteiger partial charge in [0.05, 0.1) is 26.9 Å². The molecule has 158 valence electrons. The fourth-order valence-electron chi connectivity index (χ4n) is 3.07. The average Bonchev–Trinajstić information content (AvgIpc) is 2.70. The molecule has 0 saturated carbocycles. The number of amides is 1. The summed E-state index contributed by atoms with van der Waals surface area (Å²) in [7, 11) is 5.97. The molecule has 0 saturated heterocycles. The minimum Gasteiger partial charge on any atom is -0.493 e. The molecule has 0 unspecified atom stereocenters. The molecule has 0 fully saturated rings. The fourth-order valence-corrected chi connectivity index (χ4v) is 3.07. The van der Waals surface area contributed by atoms with Crippen LogP contribution in [0.2, 0.25) is 0 Å². The van der Waals surface area contributed by atoms with Crippen molar-refractivity contribution in [2.24, 2.45) is 0 Å². The van der Waals surface area contributed by atoms with Gasteiger partial charge < -0.3 is 19.1 Å². The molecule has 0 spiro atoms. The highest BCUT2D eigenvalue weighted by Gasteiger charge is 2.33. The second-order valence-corrected chi connectivity index (χ2v) is 6.40. The molecule has 0 atom stereocenters. The smallest absolute Gasteiger partial charge is 0.416 e. The monoisotopic (exact) mass is 411 g/mol. The third kappa shape index (κ3) is 5.34. The largest absolute Gasteiger partial charge is 0.493 e. The molecule has 0 aliphatic heterocycles. The Kier molecular flexibility index (Phi) is 7.36. The standard InChI is InChI=1S/C21H24F3NO4/c1-25(13-15-7-5-6-8-16(15)21(22,23)24)18(26)12-10-14-9-11-17(27-2)20(29-4)19(14)28-3/h5-9,11H,10,12-13H2,1-4H3. The molecule has 1 amide bonds. The van der Waals surface area contributed by atoms with Gasteiger partial charge in [0, 0.05) is 20.0 Å². The first kappa shape index (κ1) is 22.4. The lowest BCUT2D eigenvalue weighted by Crippen LogP contribution is -2.27. The summed E-state index contributed by atoms with van der Waals surface area (Å²) < 4.78 is 55.4. The number of halogens is 3. The van der Waals surface area contributed by atoms with Crippen LogP contribution in [0.3, 0.4) is 0 Å². The van der Waals surface area contributed by atoms with Crippen molar-refractivity contribution in [1.29, 1.82) is 0 Å². The van der Waals surface area contributed by atoms with Crippen LogP contribution in [-0.4, -0.2) is 39.2 Å². The molecule has 0 aliphatic rings. The number of aryl methyl sites for hydroxylation is 1. The lowest BCUT2D eigenvalue weighted by atomic mass is 10.1. The van der Waals surface area contributed by atoms with Crippen molar-refractivity contribution >= 4 is 5.91 Å². The van der Waals surface area contributed by atoms with Crippen LogP contribution in [0.25, 0.3) is 0 Å². The predicted molar refractivity (Wildman–Crippen MR) is 102 cm³/mol. The number of ether oxygens (including phenoxy) is 3. The Morgan fingerprint density at radius 3 is 2.17 bits per heavy atom. The maximum absolute atomic E-state index is 13.1. The van der Waals surface area contributed by atoms with Gasteiger partial charge in [0.2, 0.25) is 11.7 Å². The SMILES string of the molecule is COc1ccc(CCC(=O)N(C)Cc2ccccc2C(F)(F)F)c(OC)c1OC. The Balaban J connectivity index is 2.11. The van der Waals surface area contributed by atoms with E-state index < -0.39 is 11.7 Å². The summed E-state index contributed by atoms with van der Waals surface area (Å²) in [5.41, 5.74) is 0.0587. The molecule has 0 bridgehead atoms. The molecule has 8 heteroatoms. The predicted octanol–water partition coefficient (Wildman–Crippen LogP) is 4.32. The van der Waals surface area contributed by atoms with Crippen LogP contribution in [0.4, 0.5) is 13.2 Å². The van der Waals surface area contributed by atoms with Crippen LogP contribution in [0.5, 0.6) is 17.2 Å². The van der Waals surface area contributed by atoms with Gasteiger partial charge in [-0.15, -0.1) is 0 Å². The first-order valence-electron chi connectivity index (χ1n) is 8.89. The number of nitrogens with zero attached hydrogens (tertiary/aromatic N) is 1. The Bertz CT molecular complexity index is 852. The molecule has 29 heavy (non-hydrogen) atoms. The molecule has 0 radical (unpaired) electrons. The Labute approximate surface area is 168 Å². The Hall–Kier alpha value is -2.90. The molecule has 0 N–H and O–H groups in total. The molecule has 0 aliphatic carbocycles. The Morgan fingerprint density at radius 1 is 0.931 bits per heavy atom. The van der Waals surface area contributed by atoms with Crippen LogP contribution < -0.4 is 14.2 Å². The van der Waals surface area contributed by atoms with Crippen molar-refractivity contribution in [1.82, 2.24) is 4.90 Å². The minimum absolute atomic E-state index is 0.0551. The van der Waals surface area contributed by atoms with Crippen LogP contribution in [0, 0.1) is 0 Å². The normalized spacial score (nSPS) is 11.1. The summed E-state index contributed by atoms with van der Waals surface area (Å²) in [4.78, 5) is 13.8. The van der Waals surface area contributed by atoms with Gasteiger partial charge in [-0.2, -0.15) is 13.2 Å². The van der Waals surface area contributed by atoms with Gasteiger partial charge in [0.25, 0.3) is 0 Å². The summed E-state index contributed by atoms with van der Waals surface area (Å²) in [6.45, 7) is -0.127. The van der Waals surface area contributed by atoms with E-state index in [2.05, 4.69) is 0 Å². The van der Waals surface area contributed by atoms with Crippen LogP contribution in [0.15, 0.2) is 36.4 Å². The van der Waals surface area contributed by atoms with Crippen molar-refractivity contribution in [3.05, 3.63) is 53.1 Å². The third-order valence-corrected chi connectivity index (χ3v) is 4.55. The first-order valence-corrected chi connectivity index (χ1v) is 8.89. The summed E-state index contributed by atoms with van der Waals surface area (Å²) in [5, 5.41) is 0. The molecular weight excluding hydrogens is 387 g/mol. The lowest BCUT2D eigenvalue weighted by Gasteiger charge is -2.21. The minimum atomic E-state index is -4.46. The van der Waals surface area contributed by atoms with E-state index in [0.717, 1.165) is 11.6 Å². The summed E-state index contributed by atoms with van der Waals surface area (Å²) in [6, 6.07) is 8.73. The second kappa shape index (κ2) is 9.54. The summed E-state index contributed by atoms with van der Waals surface area (Å²) >= 11 is 0. The van der Waals surface area contributed by atoms with Gasteiger partial charge in [-0.25, -0.2) is 0 Å². The number of hydrogen-bond acceptors (Lipinski definition) is 4. The third-order valence-electron chi connectivity index (χ3n) is 4.55. The summed E-state index contributed by atoms with van der Waals surface area (Å²) in [6.07, 6.45) is -4.02. The maximum Gasteiger partial charge on any atom is 0.416 e. The first-order chi connectivity index (χ1) is 13.7. The molecule has 2 rings (SSSR count). The quantitative estimate of drug-likeness (QED) is 0.649. The highest BCUT2D eigenvalue weighted by molar-refractivity contribution is 5.76. The molecule has 0 heterocycles. The van der Waals surface area contributed by atoms with Crippen molar-refractivity contribution in [2.45, 2.75) is 25.6 Å². The van der Waals surface area contributed by atoms with E-state index in [1.807, 2.05) is 0 Å². The van der Waals surface area contributed by atoms with Gasteiger partial charge in [0.1, 0.15) is 0 Å². The Morgan fingerprint density at radius 2 is 1.59 bits per heavy atom. The summed E-state index contributed by atoms with van der Waals surface area (Å²) in [5.74, 6) is 1.11. The number of alkyl halides is 3. The van der Waals surface area contributed by atoms with E-state index >= 15 is 0 Å². The zero-order chi connectivity index (χ0) is 21.6. The van der Waals surface area contributed by atoms with E-state index in [9.17, 15) is 18.0 Å². The van der Waals surface area contributed by atoms with Gasteiger partial charge in [-0.1, -0.05) is 24.3 Å². The van der Waals surface area contributed by atoms with Gasteiger partial charge in [0.15, 0.2) is 11.5 Å². The van der Waals surface area contributed by atoms with Crippen molar-refractivity contribution in [3.63, 3.8) is 0 Å². The zero-order valence-corrected chi connectivity index (χ0v) is 16.8. The average molecular weight is 411 g/mol. The maximum atomic E-state index is 13.1. The number of benzene rings is 2. The number of carbonyl (C=O) groups is 1. The van der Waals surface area contributed by atoms with E-state index in [-0.39, 0.29) is 24.4 Å². The van der Waals surface area contributed by atoms with E-state index in [0.29, 0.717) is 23.7 Å². The van der Waals surface area contributed by atoms with Gasteiger partial charge >= 0.3 is 6.18 Å². The topological polar surface area (TPSA) is 48.0 Å². The fraction of sp³-hybridized carbons (Fsp3) is 0.381. The van der Waals surface area contributed by atoms with E-state index in [4.69, 9.17) is 14.2 Å². The highest BCUT2D eigenvalue weighted by atomic mass is 19.4.